The molecule has 2 aromatic rings. The lowest BCUT2D eigenvalue weighted by molar-refractivity contribution is 0.887. The number of thiophene rings is 1. The Bertz CT molecular complexity index is 487. The summed E-state index contributed by atoms with van der Waals surface area (Å²) in [5.41, 5.74) is 10.5. The second-order valence-electron chi connectivity index (χ2n) is 4.37. The van der Waals surface area contributed by atoms with Crippen molar-refractivity contribution in [2.45, 2.75) is 25.3 Å². The van der Waals surface area contributed by atoms with Gasteiger partial charge in [0.25, 0.3) is 0 Å². The van der Waals surface area contributed by atoms with E-state index in [9.17, 15) is 0 Å². The van der Waals surface area contributed by atoms with Crippen LogP contribution in [0.4, 0.5) is 0 Å². The summed E-state index contributed by atoms with van der Waals surface area (Å²) in [6, 6.07) is 11.0. The van der Waals surface area contributed by atoms with Crippen LogP contribution in [0, 0.1) is 0 Å². The van der Waals surface area contributed by atoms with Crippen LogP contribution in [0.2, 0.25) is 0 Å². The molecule has 0 amide bonds. The standard InChI is InChI=1S/C14H15NS/c15-14(13-5-2-8-16-13)12-7-6-10-3-1-4-11(10)9-12/h2,5-9,14H,1,3-4,15H2/t14-/m0/s1. The van der Waals surface area contributed by atoms with E-state index in [-0.39, 0.29) is 6.04 Å². The van der Waals surface area contributed by atoms with Crippen molar-refractivity contribution in [3.8, 4) is 0 Å². The van der Waals surface area contributed by atoms with E-state index in [2.05, 4.69) is 35.7 Å². The maximum absolute atomic E-state index is 6.27. The molecule has 0 bridgehead atoms. The summed E-state index contributed by atoms with van der Waals surface area (Å²) in [6.07, 6.45) is 3.76. The molecule has 1 aromatic heterocycles. The van der Waals surface area contributed by atoms with Gasteiger partial charge < -0.3 is 5.73 Å². The highest BCUT2D eigenvalue weighted by Gasteiger charge is 2.15. The third kappa shape index (κ3) is 1.68. The van der Waals surface area contributed by atoms with Crippen LogP contribution in [0.5, 0.6) is 0 Å². The Morgan fingerprint density at radius 1 is 1.12 bits per heavy atom. The van der Waals surface area contributed by atoms with Crippen molar-refractivity contribution < 1.29 is 0 Å². The number of benzene rings is 1. The van der Waals surface area contributed by atoms with Crippen LogP contribution in [0.1, 0.15) is 34.0 Å². The molecular weight excluding hydrogens is 214 g/mol. The third-order valence-corrected chi connectivity index (χ3v) is 4.29. The van der Waals surface area contributed by atoms with E-state index in [1.165, 1.54) is 40.8 Å². The summed E-state index contributed by atoms with van der Waals surface area (Å²) < 4.78 is 0. The van der Waals surface area contributed by atoms with Crippen molar-refractivity contribution in [3.05, 3.63) is 57.3 Å². The predicted octanol–water partition coefficient (Wildman–Crippen LogP) is 3.28. The molecule has 3 rings (SSSR count). The lowest BCUT2D eigenvalue weighted by Crippen LogP contribution is -2.10. The molecule has 0 unspecified atom stereocenters. The molecule has 2 N–H and O–H groups in total. The van der Waals surface area contributed by atoms with Gasteiger partial charge in [-0.25, -0.2) is 0 Å². The average molecular weight is 229 g/mol. The van der Waals surface area contributed by atoms with Crippen LogP contribution in [-0.2, 0) is 12.8 Å². The van der Waals surface area contributed by atoms with E-state index in [0.29, 0.717) is 0 Å². The zero-order valence-corrected chi connectivity index (χ0v) is 9.96. The van der Waals surface area contributed by atoms with Gasteiger partial charge in [0.05, 0.1) is 6.04 Å². The molecule has 1 aromatic carbocycles. The van der Waals surface area contributed by atoms with Gasteiger partial charge >= 0.3 is 0 Å². The summed E-state index contributed by atoms with van der Waals surface area (Å²) in [5, 5.41) is 2.09. The van der Waals surface area contributed by atoms with E-state index in [0.717, 1.165) is 0 Å². The number of aryl methyl sites for hydroxylation is 2. The van der Waals surface area contributed by atoms with Crippen molar-refractivity contribution in [1.82, 2.24) is 0 Å². The molecule has 0 saturated carbocycles. The van der Waals surface area contributed by atoms with Gasteiger partial charge in [-0.15, -0.1) is 11.3 Å². The highest BCUT2D eigenvalue weighted by atomic mass is 32.1. The Labute approximate surface area is 99.9 Å². The quantitative estimate of drug-likeness (QED) is 0.840. The molecule has 1 atom stereocenters. The Morgan fingerprint density at radius 2 is 2.00 bits per heavy atom. The molecule has 0 aliphatic heterocycles. The second-order valence-corrected chi connectivity index (χ2v) is 5.35. The first kappa shape index (κ1) is 10.1. The molecule has 1 aliphatic carbocycles. The highest BCUT2D eigenvalue weighted by molar-refractivity contribution is 7.10. The predicted molar refractivity (Wildman–Crippen MR) is 68.8 cm³/mol. The molecule has 2 heteroatoms. The summed E-state index contributed by atoms with van der Waals surface area (Å²) in [4.78, 5) is 1.25. The molecule has 0 spiro atoms. The molecule has 16 heavy (non-hydrogen) atoms. The minimum atomic E-state index is 0.0471. The van der Waals surface area contributed by atoms with Gasteiger partial charge in [-0.05, 0) is 47.4 Å². The molecule has 0 saturated heterocycles. The number of hydrogen-bond donors (Lipinski definition) is 1. The van der Waals surface area contributed by atoms with Crippen molar-refractivity contribution in [1.29, 1.82) is 0 Å². The van der Waals surface area contributed by atoms with Crippen molar-refractivity contribution >= 4 is 11.3 Å². The fourth-order valence-electron chi connectivity index (χ4n) is 2.42. The van der Waals surface area contributed by atoms with Crippen molar-refractivity contribution in [2.75, 3.05) is 0 Å². The van der Waals surface area contributed by atoms with Gasteiger partial charge in [0.15, 0.2) is 0 Å². The lowest BCUT2D eigenvalue weighted by Gasteiger charge is -2.11. The highest BCUT2D eigenvalue weighted by Crippen LogP contribution is 2.28. The lowest BCUT2D eigenvalue weighted by atomic mass is 10.0. The summed E-state index contributed by atoms with van der Waals surface area (Å²) in [7, 11) is 0. The zero-order valence-electron chi connectivity index (χ0n) is 9.15. The van der Waals surface area contributed by atoms with Crippen LogP contribution in [0.25, 0.3) is 0 Å². The van der Waals surface area contributed by atoms with Crippen LogP contribution in [0.15, 0.2) is 35.7 Å². The van der Waals surface area contributed by atoms with Gasteiger partial charge in [-0.2, -0.15) is 0 Å². The Hall–Kier alpha value is -1.12. The first-order valence-corrected chi connectivity index (χ1v) is 6.63. The summed E-state index contributed by atoms with van der Waals surface area (Å²) in [5.74, 6) is 0. The smallest absolute Gasteiger partial charge is 0.0646 e. The van der Waals surface area contributed by atoms with Crippen molar-refractivity contribution in [2.24, 2.45) is 5.73 Å². The molecule has 0 radical (unpaired) electrons. The molecule has 0 fully saturated rings. The van der Waals surface area contributed by atoms with Gasteiger partial charge in [0.1, 0.15) is 0 Å². The Balaban J connectivity index is 1.95. The van der Waals surface area contributed by atoms with Gasteiger partial charge in [-0.1, -0.05) is 24.3 Å². The molecule has 1 aliphatic rings. The first-order valence-electron chi connectivity index (χ1n) is 5.75. The minimum Gasteiger partial charge on any atom is -0.320 e. The topological polar surface area (TPSA) is 26.0 Å². The average Bonchev–Trinajstić information content (AvgIpc) is 2.98. The maximum atomic E-state index is 6.27. The SMILES string of the molecule is N[C@@H](c1ccc2c(c1)CCC2)c1cccs1. The number of hydrogen-bond acceptors (Lipinski definition) is 2. The van der Waals surface area contributed by atoms with Gasteiger partial charge in [-0.3, -0.25) is 0 Å². The van der Waals surface area contributed by atoms with Crippen LogP contribution in [0.3, 0.4) is 0 Å². The van der Waals surface area contributed by atoms with E-state index in [4.69, 9.17) is 5.73 Å². The van der Waals surface area contributed by atoms with Gasteiger partial charge in [0, 0.05) is 4.88 Å². The minimum absolute atomic E-state index is 0.0471. The normalized spacial score (nSPS) is 16.1. The van der Waals surface area contributed by atoms with Crippen LogP contribution < -0.4 is 5.73 Å². The van der Waals surface area contributed by atoms with Crippen LogP contribution >= 0.6 is 11.3 Å². The Morgan fingerprint density at radius 3 is 2.81 bits per heavy atom. The zero-order chi connectivity index (χ0) is 11.0. The fourth-order valence-corrected chi connectivity index (χ4v) is 3.17. The first-order chi connectivity index (χ1) is 7.84. The van der Waals surface area contributed by atoms with Crippen LogP contribution in [-0.4, -0.2) is 0 Å². The van der Waals surface area contributed by atoms with E-state index in [1.807, 2.05) is 0 Å². The Kier molecular flexibility index (Phi) is 2.54. The number of fused-ring (bicyclic) bond motifs is 1. The largest absolute Gasteiger partial charge is 0.320 e. The molecule has 82 valence electrons. The van der Waals surface area contributed by atoms with E-state index < -0.39 is 0 Å². The van der Waals surface area contributed by atoms with E-state index in [1.54, 1.807) is 11.3 Å². The molecular formula is C14H15NS. The van der Waals surface area contributed by atoms with Gasteiger partial charge in [0.2, 0.25) is 0 Å². The summed E-state index contributed by atoms with van der Waals surface area (Å²) in [6.45, 7) is 0. The number of nitrogens with two attached hydrogens (primary N) is 1. The molecule has 1 nitrogen and oxygen atoms in total. The fraction of sp³-hybridized carbons (Fsp3) is 0.286. The third-order valence-electron chi connectivity index (χ3n) is 3.33. The number of rotatable bonds is 2. The second kappa shape index (κ2) is 4.04. The van der Waals surface area contributed by atoms with E-state index >= 15 is 0 Å². The maximum Gasteiger partial charge on any atom is 0.0646 e. The van der Waals surface area contributed by atoms with Crippen molar-refractivity contribution in [3.63, 3.8) is 0 Å². The summed E-state index contributed by atoms with van der Waals surface area (Å²) >= 11 is 1.73. The molecule has 1 heterocycles. The monoisotopic (exact) mass is 229 g/mol.